The molecule has 0 spiro atoms. The van der Waals surface area contributed by atoms with Gasteiger partial charge < -0.3 is 15.6 Å². The second-order valence-electron chi connectivity index (χ2n) is 3.88. The fraction of sp³-hybridized carbons (Fsp3) is 0.750. The molecule has 3 atom stereocenters. The summed E-state index contributed by atoms with van der Waals surface area (Å²) in [7, 11) is 0. The molecule has 0 saturated carbocycles. The molecule has 3 N–H and O–H groups in total. The molecule has 0 unspecified atom stereocenters. The Balaban J connectivity index is 1.87. The summed E-state index contributed by atoms with van der Waals surface area (Å²) in [4.78, 5) is 4.07. The minimum Gasteiger partial charge on any atom is -0.365 e. The number of hydrogen-bond donors (Lipinski definition) is 2. The van der Waals surface area contributed by atoms with Gasteiger partial charge in [0.1, 0.15) is 0 Å². The van der Waals surface area contributed by atoms with Crippen molar-refractivity contribution >= 4 is 5.95 Å². The highest BCUT2D eigenvalue weighted by Gasteiger charge is 2.42. The first-order valence-corrected chi connectivity index (χ1v) is 4.68. The molecule has 13 heavy (non-hydrogen) atoms. The Kier molecular flexibility index (Phi) is 1.38. The van der Waals surface area contributed by atoms with Gasteiger partial charge in [0.15, 0.2) is 0 Å². The Hall–Kier alpha value is -1.10. The van der Waals surface area contributed by atoms with Crippen LogP contribution in [0.2, 0.25) is 0 Å². The first-order chi connectivity index (χ1) is 6.33. The van der Waals surface area contributed by atoms with Crippen LogP contribution in [-0.4, -0.2) is 22.2 Å². The standard InChI is InChI=1S/C8H12N4O/c9-8-11-7(13-12-8)5-3-4-1-2-6(5)10-4/h4-6,10H,1-3H2,(H2,9,12)/t4-,5-,6+/m1/s1. The van der Waals surface area contributed by atoms with Crippen molar-refractivity contribution in [3.8, 4) is 0 Å². The van der Waals surface area contributed by atoms with Crippen LogP contribution >= 0.6 is 0 Å². The molecule has 1 aromatic rings. The molecule has 2 bridgehead atoms. The molecule has 0 aliphatic carbocycles. The molecule has 70 valence electrons. The van der Waals surface area contributed by atoms with Crippen molar-refractivity contribution in [2.75, 3.05) is 5.73 Å². The van der Waals surface area contributed by atoms with E-state index >= 15 is 0 Å². The Morgan fingerprint density at radius 2 is 2.38 bits per heavy atom. The maximum atomic E-state index is 5.41. The number of aromatic nitrogens is 2. The van der Waals surface area contributed by atoms with Crippen LogP contribution in [0.1, 0.15) is 31.1 Å². The average molecular weight is 180 g/mol. The Morgan fingerprint density at radius 3 is 2.92 bits per heavy atom. The maximum absolute atomic E-state index is 5.41. The van der Waals surface area contributed by atoms with Gasteiger partial charge in [0, 0.05) is 12.1 Å². The Labute approximate surface area is 75.7 Å². The van der Waals surface area contributed by atoms with Gasteiger partial charge in [-0.15, -0.1) is 0 Å². The van der Waals surface area contributed by atoms with Crippen molar-refractivity contribution in [3.05, 3.63) is 5.89 Å². The van der Waals surface area contributed by atoms with Gasteiger partial charge in [-0.2, -0.15) is 4.98 Å². The van der Waals surface area contributed by atoms with E-state index in [1.807, 2.05) is 0 Å². The monoisotopic (exact) mass is 180 g/mol. The van der Waals surface area contributed by atoms with E-state index in [4.69, 9.17) is 10.3 Å². The molecule has 2 aliphatic rings. The highest BCUT2D eigenvalue weighted by Crippen LogP contribution is 2.39. The summed E-state index contributed by atoms with van der Waals surface area (Å²) in [5.74, 6) is 1.35. The van der Waals surface area contributed by atoms with E-state index in [1.54, 1.807) is 0 Å². The van der Waals surface area contributed by atoms with Gasteiger partial charge >= 0.3 is 0 Å². The van der Waals surface area contributed by atoms with Gasteiger partial charge in [0.2, 0.25) is 5.89 Å². The summed E-state index contributed by atoms with van der Waals surface area (Å²) >= 11 is 0. The molecule has 0 radical (unpaired) electrons. The lowest BCUT2D eigenvalue weighted by molar-refractivity contribution is 0.330. The highest BCUT2D eigenvalue weighted by molar-refractivity contribution is 5.16. The number of nitrogens with two attached hydrogens (primary N) is 1. The number of fused-ring (bicyclic) bond motifs is 2. The topological polar surface area (TPSA) is 77.0 Å². The van der Waals surface area contributed by atoms with Gasteiger partial charge in [0.05, 0.1) is 5.92 Å². The molecule has 3 heterocycles. The van der Waals surface area contributed by atoms with Gasteiger partial charge in [-0.1, -0.05) is 0 Å². The van der Waals surface area contributed by atoms with Crippen LogP contribution in [-0.2, 0) is 0 Å². The summed E-state index contributed by atoms with van der Waals surface area (Å²) in [6.07, 6.45) is 3.62. The van der Waals surface area contributed by atoms with E-state index < -0.39 is 0 Å². The van der Waals surface area contributed by atoms with Gasteiger partial charge in [0.25, 0.3) is 5.95 Å². The molecule has 0 amide bonds. The van der Waals surface area contributed by atoms with Gasteiger partial charge in [-0.3, -0.25) is 0 Å². The van der Waals surface area contributed by atoms with Crippen molar-refractivity contribution in [3.63, 3.8) is 0 Å². The van der Waals surface area contributed by atoms with E-state index in [2.05, 4.69) is 15.5 Å². The second-order valence-corrected chi connectivity index (χ2v) is 3.88. The highest BCUT2D eigenvalue weighted by atomic mass is 16.5. The number of nitrogens with zero attached hydrogens (tertiary/aromatic N) is 2. The molecule has 5 heteroatoms. The molecule has 1 aromatic heterocycles. The lowest BCUT2D eigenvalue weighted by atomic mass is 9.89. The maximum Gasteiger partial charge on any atom is 0.260 e. The molecule has 3 rings (SSSR count). The third-order valence-electron chi connectivity index (χ3n) is 3.07. The van der Waals surface area contributed by atoms with Crippen LogP contribution in [0, 0.1) is 0 Å². The van der Waals surface area contributed by atoms with E-state index in [9.17, 15) is 0 Å². The first kappa shape index (κ1) is 7.32. The Morgan fingerprint density at radius 1 is 1.46 bits per heavy atom. The van der Waals surface area contributed by atoms with Crippen LogP contribution < -0.4 is 11.1 Å². The molecule has 2 aliphatic heterocycles. The predicted octanol–water partition coefficient (Wildman–Crippen LogP) is 0.260. The van der Waals surface area contributed by atoms with E-state index in [0.717, 1.165) is 6.42 Å². The molecule has 0 aromatic carbocycles. The van der Waals surface area contributed by atoms with Crippen LogP contribution in [0.5, 0.6) is 0 Å². The summed E-state index contributed by atoms with van der Waals surface area (Å²) in [6.45, 7) is 0. The lowest BCUT2D eigenvalue weighted by Gasteiger charge is -2.15. The molecule has 5 nitrogen and oxygen atoms in total. The van der Waals surface area contributed by atoms with E-state index in [-0.39, 0.29) is 5.95 Å². The fourth-order valence-corrected chi connectivity index (χ4v) is 2.49. The van der Waals surface area contributed by atoms with Gasteiger partial charge in [-0.05, 0) is 24.4 Å². The quantitative estimate of drug-likeness (QED) is 0.648. The Bertz CT molecular complexity index is 324. The number of anilines is 1. The number of rotatable bonds is 1. The predicted molar refractivity (Wildman–Crippen MR) is 46.0 cm³/mol. The lowest BCUT2D eigenvalue weighted by Crippen LogP contribution is -2.21. The summed E-state index contributed by atoms with van der Waals surface area (Å²) < 4.78 is 5.07. The smallest absolute Gasteiger partial charge is 0.260 e. The van der Waals surface area contributed by atoms with Crippen LogP contribution in [0.25, 0.3) is 0 Å². The normalized spacial score (nSPS) is 37.1. The third-order valence-corrected chi connectivity index (χ3v) is 3.07. The van der Waals surface area contributed by atoms with Crippen LogP contribution in [0.3, 0.4) is 0 Å². The number of nitrogen functional groups attached to an aromatic ring is 1. The average Bonchev–Trinajstić information content (AvgIpc) is 2.77. The number of nitrogens with one attached hydrogen (secondary N) is 1. The minimum absolute atomic E-state index is 0.248. The van der Waals surface area contributed by atoms with Crippen molar-refractivity contribution in [1.29, 1.82) is 0 Å². The van der Waals surface area contributed by atoms with Gasteiger partial charge in [-0.25, -0.2) is 0 Å². The molecule has 2 saturated heterocycles. The molecular weight excluding hydrogens is 168 g/mol. The summed E-state index contributed by atoms with van der Waals surface area (Å²) in [5.41, 5.74) is 5.41. The zero-order valence-corrected chi connectivity index (χ0v) is 7.23. The minimum atomic E-state index is 0.248. The molecular formula is C8H12N4O. The molecule has 2 fully saturated rings. The van der Waals surface area contributed by atoms with Crippen molar-refractivity contribution < 1.29 is 4.52 Å². The summed E-state index contributed by atoms with van der Waals surface area (Å²) in [5, 5.41) is 7.13. The van der Waals surface area contributed by atoms with Crippen molar-refractivity contribution in [2.24, 2.45) is 0 Å². The zero-order valence-electron chi connectivity index (χ0n) is 7.23. The van der Waals surface area contributed by atoms with Crippen molar-refractivity contribution in [2.45, 2.75) is 37.3 Å². The largest absolute Gasteiger partial charge is 0.365 e. The third kappa shape index (κ3) is 1.03. The van der Waals surface area contributed by atoms with Crippen LogP contribution in [0.15, 0.2) is 4.52 Å². The summed E-state index contributed by atoms with van der Waals surface area (Å²) in [6, 6.07) is 1.19. The second kappa shape index (κ2) is 2.45. The fourth-order valence-electron chi connectivity index (χ4n) is 2.49. The zero-order chi connectivity index (χ0) is 8.84. The van der Waals surface area contributed by atoms with E-state index in [1.165, 1.54) is 12.8 Å². The first-order valence-electron chi connectivity index (χ1n) is 4.68. The SMILES string of the molecule is Nc1noc([C@@H]2C[C@H]3CC[C@@H]2N3)n1. The van der Waals surface area contributed by atoms with E-state index in [0.29, 0.717) is 23.9 Å². The number of hydrogen-bond acceptors (Lipinski definition) is 5. The van der Waals surface area contributed by atoms with Crippen LogP contribution in [0.4, 0.5) is 5.95 Å². The van der Waals surface area contributed by atoms with Crippen molar-refractivity contribution in [1.82, 2.24) is 15.5 Å².